The lowest BCUT2D eigenvalue weighted by Gasteiger charge is -2.38. The van der Waals surface area contributed by atoms with Crippen LogP contribution in [-0.4, -0.2) is 27.7 Å². The van der Waals surface area contributed by atoms with Crippen LogP contribution in [0, 0.1) is 5.92 Å². The largest absolute Gasteiger partial charge is 0.391 e. The van der Waals surface area contributed by atoms with E-state index in [0.29, 0.717) is 5.92 Å². The first-order valence-electron chi connectivity index (χ1n) is 4.42. The Morgan fingerprint density at radius 2 is 2.33 bits per heavy atom. The minimum atomic E-state index is -0.226. The van der Waals surface area contributed by atoms with Crippen LogP contribution >= 0.6 is 15.9 Å². The average molecular weight is 231 g/mol. The highest BCUT2D eigenvalue weighted by molar-refractivity contribution is 9.10. The van der Waals surface area contributed by atoms with Gasteiger partial charge in [0.15, 0.2) is 0 Å². The van der Waals surface area contributed by atoms with Gasteiger partial charge in [-0.25, -0.2) is 0 Å². The highest BCUT2D eigenvalue weighted by Crippen LogP contribution is 2.53. The molecule has 5 atom stereocenters. The van der Waals surface area contributed by atoms with Crippen LogP contribution in [0.1, 0.15) is 12.8 Å². The van der Waals surface area contributed by atoms with Crippen molar-refractivity contribution < 1.29 is 9.84 Å². The molecule has 0 aromatic rings. The van der Waals surface area contributed by atoms with E-state index in [9.17, 15) is 5.11 Å². The van der Waals surface area contributed by atoms with E-state index >= 15 is 0 Å². The lowest BCUT2D eigenvalue weighted by atomic mass is 9.93. The maximum Gasteiger partial charge on any atom is 0.0943 e. The first-order chi connectivity index (χ1) is 5.72. The summed E-state index contributed by atoms with van der Waals surface area (Å²) in [6, 6.07) is 0. The van der Waals surface area contributed by atoms with E-state index in [-0.39, 0.29) is 22.6 Å². The van der Waals surface area contributed by atoms with Gasteiger partial charge in [-0.1, -0.05) is 28.1 Å². The molecule has 1 saturated carbocycles. The zero-order valence-electron chi connectivity index (χ0n) is 6.61. The number of alkyl halides is 1. The molecule has 2 fully saturated rings. The van der Waals surface area contributed by atoms with Crippen molar-refractivity contribution in [3.63, 3.8) is 0 Å². The fourth-order valence-corrected chi connectivity index (χ4v) is 3.52. The van der Waals surface area contributed by atoms with Gasteiger partial charge in [0.1, 0.15) is 0 Å². The topological polar surface area (TPSA) is 29.5 Å². The van der Waals surface area contributed by atoms with Crippen molar-refractivity contribution in [2.75, 3.05) is 0 Å². The molecular formula is C9H11BrO2. The van der Waals surface area contributed by atoms with Crippen molar-refractivity contribution >= 4 is 15.9 Å². The van der Waals surface area contributed by atoms with Crippen molar-refractivity contribution in [1.82, 2.24) is 0 Å². The van der Waals surface area contributed by atoms with E-state index in [4.69, 9.17) is 4.74 Å². The second kappa shape index (κ2) is 2.14. The maximum absolute atomic E-state index is 9.98. The van der Waals surface area contributed by atoms with E-state index in [1.165, 1.54) is 0 Å². The number of rotatable bonds is 0. The smallest absolute Gasteiger partial charge is 0.0943 e. The Morgan fingerprint density at radius 3 is 3.17 bits per heavy atom. The summed E-state index contributed by atoms with van der Waals surface area (Å²) in [5.74, 6) is 0.319. The molecule has 0 unspecified atom stereocenters. The van der Waals surface area contributed by atoms with E-state index < -0.39 is 0 Å². The van der Waals surface area contributed by atoms with Gasteiger partial charge in [-0.3, -0.25) is 0 Å². The lowest BCUT2D eigenvalue weighted by molar-refractivity contribution is -0.0808. The van der Waals surface area contributed by atoms with Gasteiger partial charge in [0.05, 0.1) is 22.6 Å². The van der Waals surface area contributed by atoms with Gasteiger partial charge in [-0.15, -0.1) is 0 Å². The molecule has 12 heavy (non-hydrogen) atoms. The third kappa shape index (κ3) is 0.686. The molecule has 1 aliphatic carbocycles. The molecular weight excluding hydrogens is 220 g/mol. The molecule has 2 heterocycles. The van der Waals surface area contributed by atoms with Crippen LogP contribution in [0.15, 0.2) is 12.2 Å². The predicted molar refractivity (Wildman–Crippen MR) is 48.2 cm³/mol. The van der Waals surface area contributed by atoms with Crippen molar-refractivity contribution in [3.8, 4) is 0 Å². The van der Waals surface area contributed by atoms with E-state index in [1.807, 2.05) is 0 Å². The lowest BCUT2D eigenvalue weighted by Crippen LogP contribution is -2.51. The first kappa shape index (κ1) is 7.54. The van der Waals surface area contributed by atoms with Gasteiger partial charge in [-0.05, 0) is 12.8 Å². The second-order valence-corrected chi connectivity index (χ2v) is 5.46. The van der Waals surface area contributed by atoms with Crippen molar-refractivity contribution in [3.05, 3.63) is 12.2 Å². The summed E-state index contributed by atoms with van der Waals surface area (Å²) in [5, 5.41) is 9.98. The number of aliphatic hydroxyl groups is 1. The van der Waals surface area contributed by atoms with E-state index in [1.54, 1.807) is 0 Å². The SMILES string of the molecule is O[C@@H]1[C@H]2CC[C@]1(Br)[C@H]1C=C[C@@H]2O1. The number of hydrogen-bond acceptors (Lipinski definition) is 2. The fraction of sp³-hybridized carbons (Fsp3) is 0.778. The molecule has 2 nitrogen and oxygen atoms in total. The van der Waals surface area contributed by atoms with Crippen LogP contribution in [0.4, 0.5) is 0 Å². The highest BCUT2D eigenvalue weighted by atomic mass is 79.9. The summed E-state index contributed by atoms with van der Waals surface area (Å²) >= 11 is 3.63. The third-order valence-corrected chi connectivity index (χ3v) is 4.75. The molecule has 0 radical (unpaired) electrons. The molecule has 2 aliphatic heterocycles. The zero-order valence-corrected chi connectivity index (χ0v) is 8.20. The van der Waals surface area contributed by atoms with Gasteiger partial charge in [-0.2, -0.15) is 0 Å². The van der Waals surface area contributed by atoms with Crippen LogP contribution in [0.3, 0.4) is 0 Å². The highest BCUT2D eigenvalue weighted by Gasteiger charge is 2.59. The summed E-state index contributed by atoms with van der Waals surface area (Å²) in [6.45, 7) is 0. The summed E-state index contributed by atoms with van der Waals surface area (Å²) in [6.07, 6.45) is 6.34. The summed E-state index contributed by atoms with van der Waals surface area (Å²) in [4.78, 5) is 0. The van der Waals surface area contributed by atoms with Crippen LogP contribution < -0.4 is 0 Å². The monoisotopic (exact) mass is 230 g/mol. The average Bonchev–Trinajstić information content (AvgIpc) is 2.53. The van der Waals surface area contributed by atoms with Crippen molar-refractivity contribution in [2.24, 2.45) is 5.92 Å². The van der Waals surface area contributed by atoms with Crippen molar-refractivity contribution in [2.45, 2.75) is 35.5 Å². The Morgan fingerprint density at radius 1 is 1.50 bits per heavy atom. The van der Waals surface area contributed by atoms with E-state index in [0.717, 1.165) is 12.8 Å². The molecule has 0 spiro atoms. The summed E-state index contributed by atoms with van der Waals surface area (Å²) in [7, 11) is 0. The number of ether oxygens (including phenoxy) is 1. The number of fused-ring (bicyclic) bond motifs is 6. The predicted octanol–water partition coefficient (Wildman–Crippen LogP) is 1.23. The maximum atomic E-state index is 9.98. The molecule has 4 bridgehead atoms. The standard InChI is InChI=1S/C9H11BrO2/c10-9-4-3-5(8(9)11)6-1-2-7(9)12-6/h1-2,5-8,11H,3-4H2/t5-,6-,7+,8+,9-/m0/s1. The van der Waals surface area contributed by atoms with E-state index in [2.05, 4.69) is 28.1 Å². The molecule has 3 aliphatic rings. The molecule has 1 N–H and O–H groups in total. The summed E-state index contributed by atoms with van der Waals surface area (Å²) < 4.78 is 5.56. The van der Waals surface area contributed by atoms with Gasteiger partial charge in [0.2, 0.25) is 0 Å². The second-order valence-electron chi connectivity index (χ2n) is 3.98. The molecule has 3 heteroatoms. The molecule has 3 rings (SSSR count). The zero-order chi connectivity index (χ0) is 8.34. The molecule has 1 saturated heterocycles. The molecule has 0 aromatic heterocycles. The Balaban J connectivity index is 2.08. The Labute approximate surface area is 79.7 Å². The molecule has 0 aromatic carbocycles. The van der Waals surface area contributed by atoms with Crippen molar-refractivity contribution in [1.29, 1.82) is 0 Å². The number of aliphatic hydroxyl groups excluding tert-OH is 1. The Kier molecular flexibility index (Phi) is 1.34. The Hall–Kier alpha value is 0.140. The normalized spacial score (nSPS) is 61.2. The van der Waals surface area contributed by atoms with Crippen LogP contribution in [-0.2, 0) is 4.74 Å². The van der Waals surface area contributed by atoms with Crippen LogP contribution in [0.5, 0.6) is 0 Å². The number of hydrogen-bond donors (Lipinski definition) is 1. The van der Waals surface area contributed by atoms with Gasteiger partial charge < -0.3 is 9.84 Å². The molecule has 66 valence electrons. The van der Waals surface area contributed by atoms with Gasteiger partial charge in [0, 0.05) is 5.92 Å². The molecule has 0 amide bonds. The quantitative estimate of drug-likeness (QED) is 0.502. The minimum absolute atomic E-state index is 0.0937. The van der Waals surface area contributed by atoms with Crippen LogP contribution in [0.2, 0.25) is 0 Å². The fourth-order valence-electron chi connectivity index (χ4n) is 2.69. The third-order valence-electron chi connectivity index (χ3n) is 3.43. The van der Waals surface area contributed by atoms with Gasteiger partial charge >= 0.3 is 0 Å². The number of halogens is 1. The first-order valence-corrected chi connectivity index (χ1v) is 5.22. The van der Waals surface area contributed by atoms with Crippen LogP contribution in [0.25, 0.3) is 0 Å². The summed E-state index contributed by atoms with van der Waals surface area (Å²) in [5.41, 5.74) is 0. The minimum Gasteiger partial charge on any atom is -0.391 e. The Bertz CT molecular complexity index is 253. The van der Waals surface area contributed by atoms with Gasteiger partial charge in [0.25, 0.3) is 0 Å².